The fourth-order valence-electron chi connectivity index (χ4n) is 3.71. The van der Waals surface area contributed by atoms with Crippen LogP contribution in [-0.2, 0) is 17.8 Å². The molecule has 0 spiro atoms. The first kappa shape index (κ1) is 19.0. The van der Waals surface area contributed by atoms with Gasteiger partial charge in [-0.2, -0.15) is 0 Å². The van der Waals surface area contributed by atoms with E-state index in [9.17, 15) is 4.79 Å². The van der Waals surface area contributed by atoms with Crippen LogP contribution in [0.1, 0.15) is 11.1 Å². The van der Waals surface area contributed by atoms with E-state index in [-0.39, 0.29) is 24.4 Å². The van der Waals surface area contributed by atoms with Crippen molar-refractivity contribution in [3.63, 3.8) is 0 Å². The van der Waals surface area contributed by atoms with E-state index in [2.05, 4.69) is 40.5 Å². The lowest BCUT2D eigenvalue weighted by molar-refractivity contribution is -0.134. The number of halogens is 2. The molecule has 0 radical (unpaired) electrons. The molecule has 138 valence electrons. The van der Waals surface area contributed by atoms with Gasteiger partial charge in [0.25, 0.3) is 0 Å². The Kier molecular flexibility index (Phi) is 6.07. The molecule has 0 bridgehead atoms. The molecule has 26 heavy (non-hydrogen) atoms. The molecule has 1 fully saturated rings. The van der Waals surface area contributed by atoms with Crippen LogP contribution in [0.15, 0.2) is 48.5 Å². The SMILES string of the molecule is Cl.O=C(C1Cc2ccccc2CN1)N1CCN(c2cccc(Cl)c2)CC1. The van der Waals surface area contributed by atoms with Crippen molar-refractivity contribution in [3.05, 3.63) is 64.7 Å². The fraction of sp³-hybridized carbons (Fsp3) is 0.350. The minimum Gasteiger partial charge on any atom is -0.368 e. The van der Waals surface area contributed by atoms with Gasteiger partial charge in [-0.3, -0.25) is 4.79 Å². The van der Waals surface area contributed by atoms with Gasteiger partial charge in [-0.1, -0.05) is 41.9 Å². The predicted molar refractivity (Wildman–Crippen MR) is 108 cm³/mol. The maximum absolute atomic E-state index is 12.9. The van der Waals surface area contributed by atoms with Gasteiger partial charge < -0.3 is 15.1 Å². The third kappa shape index (κ3) is 3.98. The summed E-state index contributed by atoms with van der Waals surface area (Å²) in [7, 11) is 0. The van der Waals surface area contributed by atoms with Gasteiger partial charge in [0.2, 0.25) is 5.91 Å². The zero-order valence-electron chi connectivity index (χ0n) is 14.5. The number of rotatable bonds is 2. The first-order valence-electron chi connectivity index (χ1n) is 8.80. The van der Waals surface area contributed by atoms with E-state index in [0.29, 0.717) is 0 Å². The highest BCUT2D eigenvalue weighted by Crippen LogP contribution is 2.22. The van der Waals surface area contributed by atoms with Crippen molar-refractivity contribution in [2.45, 2.75) is 19.0 Å². The number of nitrogens with zero attached hydrogens (tertiary/aromatic N) is 2. The molecule has 0 saturated carbocycles. The van der Waals surface area contributed by atoms with Gasteiger partial charge in [0, 0.05) is 43.4 Å². The molecular weight excluding hydrogens is 369 g/mol. The second kappa shape index (κ2) is 8.30. The number of carbonyl (C=O) groups is 1. The molecule has 1 unspecified atom stereocenters. The van der Waals surface area contributed by atoms with Crippen LogP contribution in [-0.4, -0.2) is 43.0 Å². The molecule has 6 heteroatoms. The number of benzene rings is 2. The summed E-state index contributed by atoms with van der Waals surface area (Å²) in [6.07, 6.45) is 0.781. The smallest absolute Gasteiger partial charge is 0.240 e. The summed E-state index contributed by atoms with van der Waals surface area (Å²) in [5.41, 5.74) is 3.72. The van der Waals surface area contributed by atoms with E-state index in [1.807, 2.05) is 23.1 Å². The normalized spacial score (nSPS) is 19.5. The number of nitrogens with one attached hydrogen (secondary N) is 1. The number of carbonyl (C=O) groups excluding carboxylic acids is 1. The van der Waals surface area contributed by atoms with Crippen molar-refractivity contribution in [2.75, 3.05) is 31.1 Å². The monoisotopic (exact) mass is 391 g/mol. The Morgan fingerprint density at radius 3 is 2.46 bits per heavy atom. The lowest BCUT2D eigenvalue weighted by Crippen LogP contribution is -2.55. The van der Waals surface area contributed by atoms with E-state index in [4.69, 9.17) is 11.6 Å². The van der Waals surface area contributed by atoms with Gasteiger partial charge in [-0.15, -0.1) is 12.4 Å². The molecule has 2 heterocycles. The molecule has 1 atom stereocenters. The average Bonchev–Trinajstić information content (AvgIpc) is 2.67. The number of amides is 1. The number of anilines is 1. The van der Waals surface area contributed by atoms with Gasteiger partial charge in [0.15, 0.2) is 0 Å². The maximum Gasteiger partial charge on any atom is 0.240 e. The minimum atomic E-state index is -0.104. The van der Waals surface area contributed by atoms with Gasteiger partial charge in [0.1, 0.15) is 0 Å². The molecule has 0 aliphatic carbocycles. The summed E-state index contributed by atoms with van der Waals surface area (Å²) >= 11 is 6.09. The van der Waals surface area contributed by atoms with E-state index in [0.717, 1.165) is 49.9 Å². The highest BCUT2D eigenvalue weighted by Gasteiger charge is 2.30. The van der Waals surface area contributed by atoms with Crippen LogP contribution >= 0.6 is 24.0 Å². The molecule has 1 saturated heterocycles. The molecule has 2 aromatic carbocycles. The maximum atomic E-state index is 12.9. The van der Waals surface area contributed by atoms with Gasteiger partial charge >= 0.3 is 0 Å². The summed E-state index contributed by atoms with van der Waals surface area (Å²) in [5, 5.41) is 4.15. The second-order valence-corrected chi connectivity index (χ2v) is 7.13. The quantitative estimate of drug-likeness (QED) is 0.853. The first-order chi connectivity index (χ1) is 12.2. The minimum absolute atomic E-state index is 0. The van der Waals surface area contributed by atoms with E-state index in [1.165, 1.54) is 11.1 Å². The standard InChI is InChI=1S/C20H22ClN3O.ClH/c21-17-6-3-7-18(13-17)23-8-10-24(11-9-23)20(25)19-12-15-4-1-2-5-16(15)14-22-19;/h1-7,13,19,22H,8-12,14H2;1H. The van der Waals surface area contributed by atoms with Crippen molar-refractivity contribution < 1.29 is 4.79 Å². The van der Waals surface area contributed by atoms with Crippen LogP contribution in [0, 0.1) is 0 Å². The van der Waals surface area contributed by atoms with Crippen molar-refractivity contribution in [2.24, 2.45) is 0 Å². The molecule has 4 nitrogen and oxygen atoms in total. The molecule has 0 aromatic heterocycles. The molecule has 2 aliphatic heterocycles. The van der Waals surface area contributed by atoms with Gasteiger partial charge in [-0.05, 0) is 35.7 Å². The Hall–Kier alpha value is -1.75. The molecular formula is C20H23Cl2N3O. The summed E-state index contributed by atoms with van der Waals surface area (Å²) in [5.74, 6) is 0.222. The molecule has 2 aliphatic rings. The Morgan fingerprint density at radius 1 is 1.00 bits per heavy atom. The fourth-order valence-corrected chi connectivity index (χ4v) is 3.89. The number of piperazine rings is 1. The Bertz CT molecular complexity index is 775. The van der Waals surface area contributed by atoms with Crippen LogP contribution in [0.25, 0.3) is 0 Å². The van der Waals surface area contributed by atoms with E-state index >= 15 is 0 Å². The Morgan fingerprint density at radius 2 is 1.73 bits per heavy atom. The van der Waals surface area contributed by atoms with Crippen LogP contribution in [0.3, 0.4) is 0 Å². The van der Waals surface area contributed by atoms with Crippen molar-refractivity contribution in [1.82, 2.24) is 10.2 Å². The molecule has 2 aromatic rings. The lowest BCUT2D eigenvalue weighted by Gasteiger charge is -2.38. The highest BCUT2D eigenvalue weighted by molar-refractivity contribution is 6.30. The zero-order valence-corrected chi connectivity index (χ0v) is 16.1. The van der Waals surface area contributed by atoms with Crippen LogP contribution in [0.2, 0.25) is 5.02 Å². The van der Waals surface area contributed by atoms with Crippen LogP contribution in [0.5, 0.6) is 0 Å². The summed E-state index contributed by atoms with van der Waals surface area (Å²) in [6, 6.07) is 16.2. The first-order valence-corrected chi connectivity index (χ1v) is 9.18. The summed E-state index contributed by atoms with van der Waals surface area (Å²) < 4.78 is 0. The lowest BCUT2D eigenvalue weighted by atomic mass is 9.95. The van der Waals surface area contributed by atoms with E-state index in [1.54, 1.807) is 0 Å². The highest BCUT2D eigenvalue weighted by atomic mass is 35.5. The average molecular weight is 392 g/mol. The number of hydrogen-bond donors (Lipinski definition) is 1. The molecule has 1 N–H and O–H groups in total. The van der Waals surface area contributed by atoms with Gasteiger partial charge in [0.05, 0.1) is 6.04 Å². The Labute approximate surface area is 165 Å². The molecule has 1 amide bonds. The van der Waals surface area contributed by atoms with Crippen LogP contribution < -0.4 is 10.2 Å². The third-order valence-electron chi connectivity index (χ3n) is 5.14. The van der Waals surface area contributed by atoms with E-state index < -0.39 is 0 Å². The summed E-state index contributed by atoms with van der Waals surface area (Å²) in [4.78, 5) is 17.2. The van der Waals surface area contributed by atoms with Crippen molar-refractivity contribution >= 4 is 35.6 Å². The second-order valence-electron chi connectivity index (χ2n) is 6.70. The molecule has 4 rings (SSSR count). The third-order valence-corrected chi connectivity index (χ3v) is 5.38. The number of hydrogen-bond acceptors (Lipinski definition) is 3. The zero-order chi connectivity index (χ0) is 17.2. The van der Waals surface area contributed by atoms with Crippen molar-refractivity contribution in [1.29, 1.82) is 0 Å². The number of fused-ring (bicyclic) bond motifs is 1. The predicted octanol–water partition coefficient (Wildman–Crippen LogP) is 3.12. The Balaban J connectivity index is 0.00000196. The van der Waals surface area contributed by atoms with Crippen molar-refractivity contribution in [3.8, 4) is 0 Å². The summed E-state index contributed by atoms with van der Waals surface area (Å²) in [6.45, 7) is 3.97. The van der Waals surface area contributed by atoms with Crippen LogP contribution in [0.4, 0.5) is 5.69 Å². The topological polar surface area (TPSA) is 35.6 Å². The van der Waals surface area contributed by atoms with Gasteiger partial charge in [-0.25, -0.2) is 0 Å². The largest absolute Gasteiger partial charge is 0.368 e.